The van der Waals surface area contributed by atoms with Gasteiger partial charge in [-0.05, 0) is 49.6 Å². The molecule has 2 aromatic carbocycles. The van der Waals surface area contributed by atoms with E-state index >= 15 is 0 Å². The van der Waals surface area contributed by atoms with E-state index in [-0.39, 0.29) is 12.5 Å². The number of amides is 1. The van der Waals surface area contributed by atoms with Crippen LogP contribution in [0.1, 0.15) is 22.4 Å². The van der Waals surface area contributed by atoms with E-state index in [1.165, 1.54) is 11.1 Å². The van der Waals surface area contributed by atoms with Crippen LogP contribution in [0.3, 0.4) is 0 Å². The molecule has 0 saturated heterocycles. The number of benzene rings is 2. The highest BCUT2D eigenvalue weighted by molar-refractivity contribution is 7.22. The molecule has 4 rings (SSSR count). The van der Waals surface area contributed by atoms with Crippen LogP contribution in [0.25, 0.3) is 16.0 Å². The molecule has 0 saturated carbocycles. The van der Waals surface area contributed by atoms with Crippen molar-refractivity contribution in [2.24, 2.45) is 0 Å². The number of nitrogens with zero attached hydrogens (tertiary/aromatic N) is 4. The van der Waals surface area contributed by atoms with Gasteiger partial charge in [-0.25, -0.2) is 4.68 Å². The molecule has 0 unspecified atom stereocenters. The van der Waals surface area contributed by atoms with Gasteiger partial charge in [-0.1, -0.05) is 47.7 Å². The molecular weight excluding hydrogens is 394 g/mol. The summed E-state index contributed by atoms with van der Waals surface area (Å²) in [5.41, 5.74) is 6.32. The van der Waals surface area contributed by atoms with Gasteiger partial charge in [0, 0.05) is 13.6 Å². The number of fused-ring (bicyclic) bond motifs is 1. The first-order valence-electron chi connectivity index (χ1n) is 9.88. The number of rotatable bonds is 6. The van der Waals surface area contributed by atoms with Crippen molar-refractivity contribution in [1.82, 2.24) is 20.1 Å². The molecule has 0 bridgehead atoms. The minimum absolute atomic E-state index is 0.0311. The first-order valence-corrected chi connectivity index (χ1v) is 10.7. The number of anilines is 1. The molecule has 7 heteroatoms. The average molecular weight is 420 g/mol. The Hall–Kier alpha value is -3.19. The second-order valence-corrected chi connectivity index (χ2v) is 8.51. The molecule has 154 valence electrons. The lowest BCUT2D eigenvalue weighted by Crippen LogP contribution is -2.34. The first-order chi connectivity index (χ1) is 14.4. The van der Waals surface area contributed by atoms with Crippen molar-refractivity contribution in [3.63, 3.8) is 0 Å². The van der Waals surface area contributed by atoms with E-state index in [0.717, 1.165) is 32.4 Å². The van der Waals surface area contributed by atoms with Crippen LogP contribution in [-0.4, -0.2) is 34.3 Å². The number of carbonyl (C=O) groups is 1. The Bertz CT molecular complexity index is 1200. The highest BCUT2D eigenvalue weighted by Gasteiger charge is 2.18. The first kappa shape index (κ1) is 20.1. The SMILES string of the molecule is Cc1ccc(CNC(=O)CN(C)c2nc3c(s2)c(C)nn3-c2ccccc2)cc1C. The van der Waals surface area contributed by atoms with E-state index in [1.54, 1.807) is 11.3 Å². The molecule has 2 heterocycles. The number of para-hydroxylation sites is 1. The summed E-state index contributed by atoms with van der Waals surface area (Å²) < 4.78 is 2.90. The van der Waals surface area contributed by atoms with Crippen LogP contribution in [0, 0.1) is 20.8 Å². The lowest BCUT2D eigenvalue weighted by Gasteiger charge is -2.15. The van der Waals surface area contributed by atoms with E-state index in [9.17, 15) is 4.79 Å². The van der Waals surface area contributed by atoms with Crippen molar-refractivity contribution < 1.29 is 4.79 Å². The van der Waals surface area contributed by atoms with Crippen LogP contribution in [0.15, 0.2) is 48.5 Å². The van der Waals surface area contributed by atoms with E-state index in [0.29, 0.717) is 6.54 Å². The molecule has 0 aliphatic rings. The highest BCUT2D eigenvalue weighted by atomic mass is 32.1. The summed E-state index contributed by atoms with van der Waals surface area (Å²) in [6.07, 6.45) is 0. The minimum Gasteiger partial charge on any atom is -0.350 e. The van der Waals surface area contributed by atoms with Gasteiger partial charge in [0.1, 0.15) is 0 Å². The van der Waals surface area contributed by atoms with Crippen molar-refractivity contribution in [2.45, 2.75) is 27.3 Å². The van der Waals surface area contributed by atoms with Gasteiger partial charge >= 0.3 is 0 Å². The van der Waals surface area contributed by atoms with Crippen molar-refractivity contribution in [3.8, 4) is 5.69 Å². The Labute approximate surface area is 180 Å². The fourth-order valence-corrected chi connectivity index (χ4v) is 4.24. The lowest BCUT2D eigenvalue weighted by molar-refractivity contribution is -0.119. The average Bonchev–Trinajstić information content (AvgIpc) is 3.30. The molecule has 6 nitrogen and oxygen atoms in total. The van der Waals surface area contributed by atoms with Gasteiger partial charge in [0.05, 0.1) is 22.6 Å². The summed E-state index contributed by atoms with van der Waals surface area (Å²) in [5, 5.41) is 8.43. The fraction of sp³-hybridized carbons (Fsp3) is 0.261. The van der Waals surface area contributed by atoms with Gasteiger partial charge in [-0.3, -0.25) is 4.79 Å². The molecule has 0 radical (unpaired) electrons. The Morgan fingerprint density at radius 2 is 1.87 bits per heavy atom. The number of thiazole rings is 1. The topological polar surface area (TPSA) is 63.1 Å². The number of likely N-dealkylation sites (N-methyl/N-ethyl adjacent to an activating group) is 1. The maximum absolute atomic E-state index is 12.5. The quantitative estimate of drug-likeness (QED) is 0.510. The molecule has 2 aromatic heterocycles. The van der Waals surface area contributed by atoms with Crippen molar-refractivity contribution in [1.29, 1.82) is 0 Å². The van der Waals surface area contributed by atoms with Gasteiger partial charge in [-0.2, -0.15) is 10.1 Å². The van der Waals surface area contributed by atoms with Crippen molar-refractivity contribution >= 4 is 32.7 Å². The maximum atomic E-state index is 12.5. The third kappa shape index (κ3) is 4.07. The molecule has 0 fully saturated rings. The number of aromatic nitrogens is 3. The highest BCUT2D eigenvalue weighted by Crippen LogP contribution is 2.31. The van der Waals surface area contributed by atoms with Crippen LogP contribution < -0.4 is 10.2 Å². The number of hydrogen-bond acceptors (Lipinski definition) is 5. The van der Waals surface area contributed by atoms with E-state index < -0.39 is 0 Å². The van der Waals surface area contributed by atoms with E-state index in [2.05, 4.69) is 42.5 Å². The van der Waals surface area contributed by atoms with Gasteiger partial charge in [0.15, 0.2) is 10.8 Å². The number of carbonyl (C=O) groups excluding carboxylic acids is 1. The maximum Gasteiger partial charge on any atom is 0.239 e. The Morgan fingerprint density at radius 1 is 1.10 bits per heavy atom. The van der Waals surface area contributed by atoms with Crippen LogP contribution in [0.4, 0.5) is 5.13 Å². The van der Waals surface area contributed by atoms with Crippen LogP contribution >= 0.6 is 11.3 Å². The summed E-state index contributed by atoms with van der Waals surface area (Å²) >= 11 is 1.56. The molecular formula is C23H25N5OS. The van der Waals surface area contributed by atoms with Gasteiger partial charge in [-0.15, -0.1) is 0 Å². The molecule has 1 N–H and O–H groups in total. The third-order valence-corrected chi connectivity index (χ3v) is 6.41. The molecule has 1 amide bonds. The predicted molar refractivity (Wildman–Crippen MR) is 123 cm³/mol. The minimum atomic E-state index is -0.0311. The molecule has 0 atom stereocenters. The zero-order valence-electron chi connectivity index (χ0n) is 17.6. The molecule has 30 heavy (non-hydrogen) atoms. The molecule has 0 aliphatic carbocycles. The molecule has 0 aliphatic heterocycles. The smallest absolute Gasteiger partial charge is 0.239 e. The Kier molecular flexibility index (Phi) is 5.55. The lowest BCUT2D eigenvalue weighted by atomic mass is 10.1. The predicted octanol–water partition coefficient (Wildman–Crippen LogP) is 4.16. The van der Waals surface area contributed by atoms with Crippen LogP contribution in [0.2, 0.25) is 0 Å². The summed E-state index contributed by atoms with van der Waals surface area (Å²) in [4.78, 5) is 19.1. The van der Waals surface area contributed by atoms with Gasteiger partial charge in [0.25, 0.3) is 0 Å². The molecule has 0 spiro atoms. The van der Waals surface area contributed by atoms with Crippen molar-refractivity contribution in [3.05, 3.63) is 70.9 Å². The Balaban J connectivity index is 1.46. The number of nitrogens with one attached hydrogen (secondary N) is 1. The molecule has 4 aromatic rings. The number of hydrogen-bond donors (Lipinski definition) is 1. The summed E-state index contributed by atoms with van der Waals surface area (Å²) in [5.74, 6) is -0.0311. The number of aryl methyl sites for hydroxylation is 3. The normalized spacial score (nSPS) is 11.1. The summed E-state index contributed by atoms with van der Waals surface area (Å²) in [6.45, 7) is 6.93. The second-order valence-electron chi connectivity index (χ2n) is 7.53. The zero-order valence-corrected chi connectivity index (χ0v) is 18.5. The second kappa shape index (κ2) is 8.28. The van der Waals surface area contributed by atoms with Crippen LogP contribution in [-0.2, 0) is 11.3 Å². The van der Waals surface area contributed by atoms with Crippen molar-refractivity contribution in [2.75, 3.05) is 18.5 Å². The fourth-order valence-electron chi connectivity index (χ4n) is 3.29. The monoisotopic (exact) mass is 419 g/mol. The third-order valence-electron chi connectivity index (χ3n) is 5.15. The van der Waals surface area contributed by atoms with E-state index in [4.69, 9.17) is 4.98 Å². The van der Waals surface area contributed by atoms with E-state index in [1.807, 2.05) is 53.9 Å². The standard InChI is InChI=1S/C23H25N5OS/c1-15-10-11-18(12-16(15)2)13-24-20(29)14-27(4)23-25-22-21(30-23)17(3)26-28(22)19-8-6-5-7-9-19/h5-12H,13-14H2,1-4H3,(H,24,29). The van der Waals surface area contributed by atoms with Gasteiger partial charge in [0.2, 0.25) is 5.91 Å². The van der Waals surface area contributed by atoms with Gasteiger partial charge < -0.3 is 10.2 Å². The summed E-state index contributed by atoms with van der Waals surface area (Å²) in [6, 6.07) is 16.2. The largest absolute Gasteiger partial charge is 0.350 e. The zero-order chi connectivity index (χ0) is 21.3. The summed E-state index contributed by atoms with van der Waals surface area (Å²) in [7, 11) is 1.89. The Morgan fingerprint density at radius 3 is 2.60 bits per heavy atom. The van der Waals surface area contributed by atoms with Crippen LogP contribution in [0.5, 0.6) is 0 Å².